The summed E-state index contributed by atoms with van der Waals surface area (Å²) in [6, 6.07) is 15.7. The van der Waals surface area contributed by atoms with E-state index in [1.807, 2.05) is 19.9 Å². The molecule has 2 aromatic carbocycles. The first-order valence-electron chi connectivity index (χ1n) is 9.07. The van der Waals surface area contributed by atoms with Gasteiger partial charge in [-0.1, -0.05) is 38.1 Å². The fraction of sp³-hybridized carbons (Fsp3) is 0.238. The standard InChI is InChI=1S/C21H21F3N4O/c1-14(2)13-29-17-10-6-9-16(11-17)26-19-18(21(22,23)24)12-25-20(28-19)27-15-7-4-3-5-8-15/h3-12,14H,13H2,1-2H3,(H2,25,26,27,28). The van der Waals surface area contributed by atoms with Crippen LogP contribution in [0.15, 0.2) is 60.8 Å². The number of nitrogens with zero attached hydrogens (tertiary/aromatic N) is 2. The molecular weight excluding hydrogens is 381 g/mol. The quantitative estimate of drug-likeness (QED) is 0.506. The van der Waals surface area contributed by atoms with E-state index >= 15 is 0 Å². The van der Waals surface area contributed by atoms with Crippen molar-refractivity contribution < 1.29 is 17.9 Å². The molecule has 152 valence electrons. The van der Waals surface area contributed by atoms with E-state index in [0.717, 1.165) is 6.20 Å². The Balaban J connectivity index is 1.88. The maximum atomic E-state index is 13.4. The van der Waals surface area contributed by atoms with E-state index in [2.05, 4.69) is 20.6 Å². The highest BCUT2D eigenvalue weighted by Gasteiger charge is 2.35. The summed E-state index contributed by atoms with van der Waals surface area (Å²) in [6.07, 6.45) is -3.83. The molecule has 1 heterocycles. The lowest BCUT2D eigenvalue weighted by Gasteiger charge is -2.16. The molecule has 3 aromatic rings. The molecule has 2 N–H and O–H groups in total. The Labute approximate surface area is 167 Å². The second-order valence-corrected chi connectivity index (χ2v) is 6.80. The van der Waals surface area contributed by atoms with E-state index in [0.29, 0.717) is 29.6 Å². The minimum atomic E-state index is -4.60. The predicted octanol–water partition coefficient (Wildman–Crippen LogP) is 6.02. The molecular formula is C21H21F3N4O. The highest BCUT2D eigenvalue weighted by Crippen LogP contribution is 2.35. The summed E-state index contributed by atoms with van der Waals surface area (Å²) >= 11 is 0. The molecule has 5 nitrogen and oxygen atoms in total. The Hall–Kier alpha value is -3.29. The maximum absolute atomic E-state index is 13.4. The predicted molar refractivity (Wildman–Crippen MR) is 107 cm³/mol. The number of aromatic nitrogens is 2. The lowest BCUT2D eigenvalue weighted by atomic mass is 10.2. The zero-order chi connectivity index (χ0) is 20.9. The van der Waals surface area contributed by atoms with Gasteiger partial charge in [0.15, 0.2) is 0 Å². The van der Waals surface area contributed by atoms with Crippen LogP contribution in [-0.4, -0.2) is 16.6 Å². The fourth-order valence-corrected chi connectivity index (χ4v) is 2.46. The van der Waals surface area contributed by atoms with Crippen molar-refractivity contribution in [3.8, 4) is 5.75 Å². The average molecular weight is 402 g/mol. The third kappa shape index (κ3) is 5.84. The monoisotopic (exact) mass is 402 g/mol. The van der Waals surface area contributed by atoms with E-state index in [1.54, 1.807) is 48.5 Å². The van der Waals surface area contributed by atoms with Crippen molar-refractivity contribution in [3.05, 3.63) is 66.4 Å². The largest absolute Gasteiger partial charge is 0.493 e. The van der Waals surface area contributed by atoms with Gasteiger partial charge in [0.1, 0.15) is 17.1 Å². The van der Waals surface area contributed by atoms with Crippen molar-refractivity contribution in [2.24, 2.45) is 5.92 Å². The molecule has 0 saturated carbocycles. The van der Waals surface area contributed by atoms with Crippen LogP contribution >= 0.6 is 0 Å². The van der Waals surface area contributed by atoms with Crippen LogP contribution in [0.2, 0.25) is 0 Å². The second kappa shape index (κ2) is 8.81. The van der Waals surface area contributed by atoms with E-state index in [4.69, 9.17) is 4.74 Å². The van der Waals surface area contributed by atoms with Gasteiger partial charge in [0, 0.05) is 23.6 Å². The topological polar surface area (TPSA) is 59.1 Å². The number of halogens is 3. The van der Waals surface area contributed by atoms with Gasteiger partial charge in [0.05, 0.1) is 6.61 Å². The van der Waals surface area contributed by atoms with Crippen LogP contribution in [0, 0.1) is 5.92 Å². The Morgan fingerprint density at radius 3 is 2.38 bits per heavy atom. The summed E-state index contributed by atoms with van der Waals surface area (Å²) in [5.41, 5.74) is 0.146. The van der Waals surface area contributed by atoms with Gasteiger partial charge in [0.2, 0.25) is 5.95 Å². The van der Waals surface area contributed by atoms with Crippen molar-refractivity contribution in [2.75, 3.05) is 17.2 Å². The van der Waals surface area contributed by atoms with Gasteiger partial charge < -0.3 is 15.4 Å². The lowest BCUT2D eigenvalue weighted by molar-refractivity contribution is -0.137. The number of ether oxygens (including phenoxy) is 1. The van der Waals surface area contributed by atoms with Gasteiger partial charge in [-0.15, -0.1) is 0 Å². The van der Waals surface area contributed by atoms with Crippen molar-refractivity contribution in [2.45, 2.75) is 20.0 Å². The number of anilines is 4. The summed E-state index contributed by atoms with van der Waals surface area (Å²) < 4.78 is 45.9. The van der Waals surface area contributed by atoms with Crippen molar-refractivity contribution in [1.82, 2.24) is 9.97 Å². The molecule has 29 heavy (non-hydrogen) atoms. The molecule has 0 aliphatic rings. The van der Waals surface area contributed by atoms with Crippen LogP contribution in [0.25, 0.3) is 0 Å². The van der Waals surface area contributed by atoms with Crippen molar-refractivity contribution >= 4 is 23.1 Å². The average Bonchev–Trinajstić information content (AvgIpc) is 2.67. The third-order valence-corrected chi connectivity index (χ3v) is 3.80. The number of para-hydroxylation sites is 1. The molecule has 0 saturated heterocycles. The van der Waals surface area contributed by atoms with Gasteiger partial charge >= 0.3 is 6.18 Å². The molecule has 3 rings (SSSR count). The number of nitrogens with one attached hydrogen (secondary N) is 2. The second-order valence-electron chi connectivity index (χ2n) is 6.80. The molecule has 0 aliphatic carbocycles. The first-order valence-corrected chi connectivity index (χ1v) is 9.07. The molecule has 0 fully saturated rings. The van der Waals surface area contributed by atoms with Crippen molar-refractivity contribution in [1.29, 1.82) is 0 Å². The van der Waals surface area contributed by atoms with Gasteiger partial charge in [-0.3, -0.25) is 0 Å². The SMILES string of the molecule is CC(C)COc1cccc(Nc2nc(Nc3ccccc3)ncc2C(F)(F)F)c1. The van der Waals surface area contributed by atoms with Crippen LogP contribution in [0.1, 0.15) is 19.4 Å². The minimum absolute atomic E-state index is 0.0545. The zero-order valence-corrected chi connectivity index (χ0v) is 16.0. The van der Waals surface area contributed by atoms with E-state index in [-0.39, 0.29) is 11.8 Å². The molecule has 1 aromatic heterocycles. The maximum Gasteiger partial charge on any atom is 0.421 e. The molecule has 0 spiro atoms. The molecule has 0 atom stereocenters. The van der Waals surface area contributed by atoms with Gasteiger partial charge in [-0.2, -0.15) is 18.2 Å². The van der Waals surface area contributed by atoms with Crippen LogP contribution in [0.3, 0.4) is 0 Å². The molecule has 8 heteroatoms. The number of hydrogen-bond donors (Lipinski definition) is 2. The lowest BCUT2D eigenvalue weighted by Crippen LogP contribution is -2.12. The van der Waals surface area contributed by atoms with Crippen molar-refractivity contribution in [3.63, 3.8) is 0 Å². The molecule has 0 radical (unpaired) electrons. The molecule has 0 bridgehead atoms. The van der Waals surface area contributed by atoms with Crippen LogP contribution in [0.5, 0.6) is 5.75 Å². The summed E-state index contributed by atoms with van der Waals surface area (Å²) in [6.45, 7) is 4.54. The van der Waals surface area contributed by atoms with Crippen LogP contribution in [-0.2, 0) is 6.18 Å². The van der Waals surface area contributed by atoms with Gasteiger partial charge in [-0.25, -0.2) is 4.98 Å². The Morgan fingerprint density at radius 2 is 1.69 bits per heavy atom. The number of benzene rings is 2. The molecule has 0 unspecified atom stereocenters. The summed E-state index contributed by atoms with van der Waals surface area (Å²) in [4.78, 5) is 7.84. The first-order chi connectivity index (χ1) is 13.8. The van der Waals surface area contributed by atoms with E-state index in [1.165, 1.54) is 0 Å². The van der Waals surface area contributed by atoms with E-state index < -0.39 is 11.7 Å². The van der Waals surface area contributed by atoms with E-state index in [9.17, 15) is 13.2 Å². The summed E-state index contributed by atoms with van der Waals surface area (Å²) in [7, 11) is 0. The summed E-state index contributed by atoms with van der Waals surface area (Å²) in [5.74, 6) is 0.608. The number of alkyl halides is 3. The fourth-order valence-electron chi connectivity index (χ4n) is 2.46. The highest BCUT2D eigenvalue weighted by atomic mass is 19.4. The number of hydrogen-bond acceptors (Lipinski definition) is 5. The Kier molecular flexibility index (Phi) is 6.21. The highest BCUT2D eigenvalue weighted by molar-refractivity contribution is 5.63. The third-order valence-electron chi connectivity index (χ3n) is 3.80. The summed E-state index contributed by atoms with van der Waals surface area (Å²) in [5, 5.41) is 5.64. The Bertz CT molecular complexity index is 946. The van der Waals surface area contributed by atoms with Crippen LogP contribution < -0.4 is 15.4 Å². The minimum Gasteiger partial charge on any atom is -0.493 e. The first kappa shape index (κ1) is 20.4. The molecule has 0 aliphatic heterocycles. The Morgan fingerprint density at radius 1 is 0.966 bits per heavy atom. The van der Waals surface area contributed by atoms with Crippen LogP contribution in [0.4, 0.5) is 36.3 Å². The smallest absolute Gasteiger partial charge is 0.421 e. The molecule has 0 amide bonds. The van der Waals surface area contributed by atoms with Gasteiger partial charge in [-0.05, 0) is 30.2 Å². The normalized spacial score (nSPS) is 11.4. The van der Waals surface area contributed by atoms with Gasteiger partial charge in [0.25, 0.3) is 0 Å². The zero-order valence-electron chi connectivity index (χ0n) is 16.0. The number of rotatable bonds is 7.